The molecule has 0 bridgehead atoms. The molecule has 3 heteroatoms. The summed E-state index contributed by atoms with van der Waals surface area (Å²) in [7, 11) is 0. The Hall–Kier alpha value is -2.48. The zero-order valence-electron chi connectivity index (χ0n) is 15.7. The molecule has 27 heavy (non-hydrogen) atoms. The quantitative estimate of drug-likeness (QED) is 0.242. The largest absolute Gasteiger partial charge is 0.531 e. The number of nitrogens with zero attached hydrogens (tertiary/aromatic N) is 1. The fraction of sp³-hybridized carbons (Fsp3) is 0.125. The van der Waals surface area contributed by atoms with Crippen LogP contribution in [0.5, 0.6) is 0 Å². The van der Waals surface area contributed by atoms with E-state index in [4.69, 9.17) is 11.7 Å². The summed E-state index contributed by atoms with van der Waals surface area (Å²) in [4.78, 5) is 4.43. The van der Waals surface area contributed by atoms with E-state index in [0.29, 0.717) is 5.57 Å². The Morgan fingerprint density at radius 2 is 1.78 bits per heavy atom. The van der Waals surface area contributed by atoms with Crippen molar-refractivity contribution in [3.63, 3.8) is 0 Å². The first-order chi connectivity index (χ1) is 12.5. The first-order valence-electron chi connectivity index (χ1n) is 8.42. The number of allylic oxidation sites excluding steroid dienone is 3. The predicted molar refractivity (Wildman–Crippen MR) is 109 cm³/mol. The second-order valence-corrected chi connectivity index (χ2v) is 6.11. The molecule has 1 N–H and O–H groups in total. The summed E-state index contributed by atoms with van der Waals surface area (Å²) < 4.78 is 0. The van der Waals surface area contributed by atoms with E-state index in [0.717, 1.165) is 11.3 Å². The van der Waals surface area contributed by atoms with Gasteiger partial charge in [-0.25, -0.2) is 5.57 Å². The molecule has 1 heterocycles. The van der Waals surface area contributed by atoms with Gasteiger partial charge >= 0.3 is 0 Å². The Morgan fingerprint density at radius 3 is 2.33 bits per heavy atom. The van der Waals surface area contributed by atoms with Crippen molar-refractivity contribution in [2.45, 2.75) is 20.8 Å². The molecule has 0 amide bonds. The Balaban J connectivity index is 0.000000395. The first kappa shape index (κ1) is 22.6. The number of benzene rings is 2. The van der Waals surface area contributed by atoms with Crippen LogP contribution in [0.3, 0.4) is 0 Å². The molecule has 0 spiro atoms. The average Bonchev–Trinajstić information content (AvgIpc) is 2.62. The van der Waals surface area contributed by atoms with Gasteiger partial charge in [0.25, 0.3) is 0 Å². The molecule has 141 valence electrons. The van der Waals surface area contributed by atoms with Gasteiger partial charge in [0.2, 0.25) is 0 Å². The maximum Gasteiger partial charge on any atom is 0.0166 e. The number of pyridine rings is 1. The maximum absolute atomic E-state index is 8.48. The van der Waals surface area contributed by atoms with E-state index in [9.17, 15) is 0 Å². The van der Waals surface area contributed by atoms with Gasteiger partial charge in [-0.1, -0.05) is 42.8 Å². The Kier molecular flexibility index (Phi) is 9.42. The van der Waals surface area contributed by atoms with Crippen LogP contribution in [0.15, 0.2) is 84.3 Å². The van der Waals surface area contributed by atoms with E-state index < -0.39 is 0 Å². The second-order valence-electron chi connectivity index (χ2n) is 6.11. The van der Waals surface area contributed by atoms with Gasteiger partial charge in [-0.2, -0.15) is 6.08 Å². The van der Waals surface area contributed by atoms with Crippen molar-refractivity contribution in [2.24, 2.45) is 0 Å². The Bertz CT molecular complexity index is 897. The molecular weight excluding hydrogens is 510 g/mol. The molecular formula is C24H23IrNO-2. The molecule has 2 nitrogen and oxygen atoms in total. The Labute approximate surface area is 175 Å². The fourth-order valence-corrected chi connectivity index (χ4v) is 2.46. The molecule has 0 fully saturated rings. The molecule has 0 aliphatic rings. The predicted octanol–water partition coefficient (Wildman–Crippen LogP) is 6.35. The molecule has 0 atom stereocenters. The normalized spacial score (nSPS) is 10.3. The minimum atomic E-state index is 0. The van der Waals surface area contributed by atoms with E-state index in [1.807, 2.05) is 36.5 Å². The number of rotatable bonds is 3. The van der Waals surface area contributed by atoms with E-state index in [1.54, 1.807) is 13.8 Å². The molecule has 0 saturated carbocycles. The van der Waals surface area contributed by atoms with Gasteiger partial charge in [-0.15, -0.1) is 35.9 Å². The minimum Gasteiger partial charge on any atom is -0.531 e. The average molecular weight is 534 g/mol. The summed E-state index contributed by atoms with van der Waals surface area (Å²) in [5.41, 5.74) is 6.28. The van der Waals surface area contributed by atoms with Gasteiger partial charge < -0.3 is 10.1 Å². The zero-order valence-corrected chi connectivity index (χ0v) is 18.1. The van der Waals surface area contributed by atoms with E-state index in [1.165, 1.54) is 22.8 Å². The van der Waals surface area contributed by atoms with E-state index in [2.05, 4.69) is 48.3 Å². The van der Waals surface area contributed by atoms with Crippen LogP contribution in [0.25, 0.3) is 22.4 Å². The smallest absolute Gasteiger partial charge is 0.0166 e. The summed E-state index contributed by atoms with van der Waals surface area (Å²) in [5.74, 6) is 0.250. The Morgan fingerprint density at radius 1 is 1.04 bits per heavy atom. The van der Waals surface area contributed by atoms with Crippen LogP contribution < -0.4 is 0 Å². The van der Waals surface area contributed by atoms with Gasteiger partial charge in [-0.05, 0) is 36.7 Å². The second kappa shape index (κ2) is 11.3. The summed E-state index contributed by atoms with van der Waals surface area (Å²) >= 11 is 0. The summed E-state index contributed by atoms with van der Waals surface area (Å²) in [6.45, 7) is 10.6. The minimum absolute atomic E-state index is 0. The third-order valence-corrected chi connectivity index (χ3v) is 3.53. The van der Waals surface area contributed by atoms with Crippen molar-refractivity contribution < 1.29 is 25.2 Å². The van der Waals surface area contributed by atoms with Crippen LogP contribution in [0.4, 0.5) is 0 Å². The van der Waals surface area contributed by atoms with Crippen LogP contribution in [0, 0.1) is 19.6 Å². The first-order valence-corrected chi connectivity index (χ1v) is 8.42. The number of aliphatic hydroxyl groups excluding tert-OH is 1. The fourth-order valence-electron chi connectivity index (χ4n) is 2.46. The topological polar surface area (TPSA) is 33.1 Å². The van der Waals surface area contributed by atoms with E-state index >= 15 is 0 Å². The number of hydrogen-bond acceptors (Lipinski definition) is 2. The van der Waals surface area contributed by atoms with Crippen molar-refractivity contribution in [1.82, 2.24) is 4.98 Å². The molecule has 0 aliphatic heterocycles. The third kappa shape index (κ3) is 7.74. The standard InChI is InChI=1S/C18H14N.C6H9O.Ir/c1-14-6-5-9-16(12-14)17-10-11-19-18(13-17)15-7-3-2-4-8-15;1-5(2)4-6(3)7;/h2-7,9-13H,1H3;1,4,7H,2-3H3;/q2*-1;/b;6-4-;. The van der Waals surface area contributed by atoms with Crippen molar-refractivity contribution in [2.75, 3.05) is 0 Å². The monoisotopic (exact) mass is 534 g/mol. The SMILES string of the molecule is Cc1cccc(-c2ccnc(-c3[c-]cccc3)c2)c1.[CH-]=C(C)/C=C(/C)O.[Ir]. The van der Waals surface area contributed by atoms with Crippen LogP contribution in [-0.4, -0.2) is 10.1 Å². The summed E-state index contributed by atoms with van der Waals surface area (Å²) in [5, 5.41) is 8.48. The molecule has 1 radical (unpaired) electrons. The van der Waals surface area contributed by atoms with Crippen LogP contribution in [-0.2, 0) is 20.1 Å². The van der Waals surface area contributed by atoms with Crippen molar-refractivity contribution in [1.29, 1.82) is 0 Å². The number of aromatic nitrogens is 1. The van der Waals surface area contributed by atoms with Crippen molar-refractivity contribution in [3.8, 4) is 22.4 Å². The molecule has 0 saturated heterocycles. The zero-order chi connectivity index (χ0) is 18.9. The molecule has 0 aliphatic carbocycles. The summed E-state index contributed by atoms with van der Waals surface area (Å²) in [6.07, 6.45) is 3.36. The molecule has 3 rings (SSSR count). The molecule has 0 unspecified atom stereocenters. The van der Waals surface area contributed by atoms with Crippen molar-refractivity contribution >= 4 is 0 Å². The van der Waals surface area contributed by atoms with Gasteiger partial charge in [-0.3, -0.25) is 6.58 Å². The number of aryl methyl sites for hydroxylation is 1. The number of aliphatic hydroxyl groups is 1. The van der Waals surface area contributed by atoms with Gasteiger partial charge in [0.05, 0.1) is 0 Å². The maximum atomic E-state index is 8.48. The molecule has 1 aromatic heterocycles. The summed E-state index contributed by atoms with van der Waals surface area (Å²) in [6, 6.07) is 23.8. The van der Waals surface area contributed by atoms with Gasteiger partial charge in [0.15, 0.2) is 0 Å². The van der Waals surface area contributed by atoms with Crippen LogP contribution in [0.1, 0.15) is 19.4 Å². The number of hydrogen-bond donors (Lipinski definition) is 1. The molecule has 2 aromatic carbocycles. The van der Waals surface area contributed by atoms with Crippen LogP contribution >= 0.6 is 0 Å². The molecule has 3 aromatic rings. The van der Waals surface area contributed by atoms with Crippen LogP contribution in [0.2, 0.25) is 0 Å². The van der Waals surface area contributed by atoms with Crippen molar-refractivity contribution in [3.05, 3.63) is 102 Å². The third-order valence-electron chi connectivity index (χ3n) is 3.53. The van der Waals surface area contributed by atoms with Gasteiger partial charge in [0, 0.05) is 32.1 Å². The van der Waals surface area contributed by atoms with Gasteiger partial charge in [0.1, 0.15) is 0 Å². The van der Waals surface area contributed by atoms with E-state index in [-0.39, 0.29) is 25.9 Å².